The minimum absolute atomic E-state index is 0.279. The second-order valence-corrected chi connectivity index (χ2v) is 5.53. The van der Waals surface area contributed by atoms with Crippen molar-refractivity contribution in [2.45, 2.75) is 36.0 Å². The molecule has 1 N–H and O–H groups in total. The summed E-state index contributed by atoms with van der Waals surface area (Å²) in [5.74, 6) is -0.279. The molecule has 14 heavy (non-hydrogen) atoms. The van der Waals surface area contributed by atoms with E-state index >= 15 is 0 Å². The summed E-state index contributed by atoms with van der Waals surface area (Å²) >= 11 is 1.70. The van der Waals surface area contributed by atoms with E-state index < -0.39 is 5.60 Å². The Morgan fingerprint density at radius 2 is 2.29 bits per heavy atom. The highest BCUT2D eigenvalue weighted by atomic mass is 32.2. The molecule has 0 radical (unpaired) electrons. The van der Waals surface area contributed by atoms with Crippen molar-refractivity contribution in [3.05, 3.63) is 29.6 Å². The maximum Gasteiger partial charge on any atom is 0.123 e. The largest absolute Gasteiger partial charge is 0.385 e. The van der Waals surface area contributed by atoms with Gasteiger partial charge in [-0.15, -0.1) is 11.8 Å². The quantitative estimate of drug-likeness (QED) is 0.713. The zero-order valence-corrected chi connectivity index (χ0v) is 9.07. The summed E-state index contributed by atoms with van der Waals surface area (Å²) < 4.78 is 13.0. The van der Waals surface area contributed by atoms with E-state index in [4.69, 9.17) is 0 Å². The number of rotatable bonds is 0. The standard InChI is InChI=1S/C11H13FOS/c1-7-6-11(2,13)9-5-8(12)3-4-10(9)14-7/h3-5,7,13H,6H2,1-2H3. The van der Waals surface area contributed by atoms with Crippen molar-refractivity contribution < 1.29 is 9.50 Å². The maximum absolute atomic E-state index is 13.0. The van der Waals surface area contributed by atoms with Crippen LogP contribution in [-0.2, 0) is 5.60 Å². The van der Waals surface area contributed by atoms with Gasteiger partial charge >= 0.3 is 0 Å². The summed E-state index contributed by atoms with van der Waals surface area (Å²) in [6.45, 7) is 3.83. The minimum Gasteiger partial charge on any atom is -0.385 e. The average Bonchev–Trinajstić information content (AvgIpc) is 2.05. The van der Waals surface area contributed by atoms with Gasteiger partial charge < -0.3 is 5.11 Å². The van der Waals surface area contributed by atoms with E-state index in [9.17, 15) is 9.50 Å². The lowest BCUT2D eigenvalue weighted by Crippen LogP contribution is -2.29. The Hall–Kier alpha value is -0.540. The van der Waals surface area contributed by atoms with Crippen LogP contribution in [0.15, 0.2) is 23.1 Å². The molecular weight excluding hydrogens is 199 g/mol. The van der Waals surface area contributed by atoms with Gasteiger partial charge in [0.05, 0.1) is 5.60 Å². The van der Waals surface area contributed by atoms with Gasteiger partial charge in [0.1, 0.15) is 5.82 Å². The van der Waals surface area contributed by atoms with Crippen molar-refractivity contribution in [3.8, 4) is 0 Å². The zero-order valence-electron chi connectivity index (χ0n) is 8.25. The molecule has 1 aliphatic heterocycles. The summed E-state index contributed by atoms with van der Waals surface area (Å²) in [5, 5.41) is 10.5. The fourth-order valence-electron chi connectivity index (χ4n) is 1.95. The van der Waals surface area contributed by atoms with Crippen LogP contribution >= 0.6 is 11.8 Å². The van der Waals surface area contributed by atoms with Crippen LogP contribution in [0.25, 0.3) is 0 Å². The van der Waals surface area contributed by atoms with Gasteiger partial charge in [0.15, 0.2) is 0 Å². The summed E-state index contributed by atoms with van der Waals surface area (Å²) in [6.07, 6.45) is 0.675. The van der Waals surface area contributed by atoms with Crippen molar-refractivity contribution in [2.75, 3.05) is 0 Å². The number of fused-ring (bicyclic) bond motifs is 1. The highest BCUT2D eigenvalue weighted by Gasteiger charge is 2.33. The van der Waals surface area contributed by atoms with Crippen LogP contribution in [0.1, 0.15) is 25.8 Å². The first-order valence-corrected chi connectivity index (χ1v) is 5.56. The van der Waals surface area contributed by atoms with Gasteiger partial charge in [-0.2, -0.15) is 0 Å². The van der Waals surface area contributed by atoms with Crippen molar-refractivity contribution in [1.29, 1.82) is 0 Å². The fraction of sp³-hybridized carbons (Fsp3) is 0.455. The summed E-state index contributed by atoms with van der Waals surface area (Å²) in [4.78, 5) is 0.996. The summed E-state index contributed by atoms with van der Waals surface area (Å²) in [7, 11) is 0. The number of aliphatic hydroxyl groups is 1. The first kappa shape index (κ1) is 9.99. The number of hydrogen-bond donors (Lipinski definition) is 1. The predicted octanol–water partition coefficient (Wildman–Crippen LogP) is 2.92. The SMILES string of the molecule is CC1CC(C)(O)c2cc(F)ccc2S1. The molecule has 0 amide bonds. The second kappa shape index (κ2) is 3.24. The molecule has 1 nitrogen and oxygen atoms in total. The molecule has 0 bridgehead atoms. The molecule has 1 aromatic rings. The molecule has 2 unspecified atom stereocenters. The number of thioether (sulfide) groups is 1. The summed E-state index contributed by atoms with van der Waals surface area (Å²) in [5.41, 5.74) is -0.164. The molecule has 1 heterocycles. The highest BCUT2D eigenvalue weighted by Crippen LogP contribution is 2.43. The first-order valence-electron chi connectivity index (χ1n) is 4.68. The molecule has 0 saturated carbocycles. The van der Waals surface area contributed by atoms with E-state index in [-0.39, 0.29) is 5.82 Å². The topological polar surface area (TPSA) is 20.2 Å². The highest BCUT2D eigenvalue weighted by molar-refractivity contribution is 8.00. The van der Waals surface area contributed by atoms with Crippen LogP contribution in [0.3, 0.4) is 0 Å². The Bertz CT molecular complexity index is 362. The molecule has 0 spiro atoms. The monoisotopic (exact) mass is 212 g/mol. The molecule has 0 fully saturated rings. The Morgan fingerprint density at radius 3 is 3.00 bits per heavy atom. The lowest BCUT2D eigenvalue weighted by molar-refractivity contribution is 0.0432. The molecule has 0 aromatic heterocycles. The number of hydrogen-bond acceptors (Lipinski definition) is 2. The molecule has 3 heteroatoms. The second-order valence-electron chi connectivity index (χ2n) is 4.05. The van der Waals surface area contributed by atoms with E-state index in [1.165, 1.54) is 12.1 Å². The van der Waals surface area contributed by atoms with E-state index in [0.29, 0.717) is 11.7 Å². The molecule has 0 aliphatic carbocycles. The van der Waals surface area contributed by atoms with Crippen LogP contribution in [0.5, 0.6) is 0 Å². The molecule has 0 saturated heterocycles. The van der Waals surface area contributed by atoms with E-state index in [1.807, 2.05) is 0 Å². The Morgan fingerprint density at radius 1 is 1.57 bits per heavy atom. The van der Waals surface area contributed by atoms with Crippen LogP contribution in [0.2, 0.25) is 0 Å². The third-order valence-corrected chi connectivity index (χ3v) is 3.71. The van der Waals surface area contributed by atoms with Gasteiger partial charge in [0, 0.05) is 10.1 Å². The van der Waals surface area contributed by atoms with Crippen molar-refractivity contribution in [1.82, 2.24) is 0 Å². The van der Waals surface area contributed by atoms with Gasteiger partial charge in [-0.25, -0.2) is 4.39 Å². The lowest BCUT2D eigenvalue weighted by atomic mass is 9.90. The maximum atomic E-state index is 13.0. The van der Waals surface area contributed by atoms with Gasteiger partial charge in [-0.05, 0) is 37.1 Å². The van der Waals surface area contributed by atoms with Crippen LogP contribution in [0, 0.1) is 5.82 Å². The molecule has 1 aliphatic rings. The predicted molar refractivity (Wildman–Crippen MR) is 55.9 cm³/mol. The Kier molecular flexibility index (Phi) is 2.32. The van der Waals surface area contributed by atoms with Crippen molar-refractivity contribution >= 4 is 11.8 Å². The third kappa shape index (κ3) is 1.66. The fourth-order valence-corrected chi connectivity index (χ4v) is 3.35. The normalized spacial score (nSPS) is 31.3. The van der Waals surface area contributed by atoms with E-state index in [2.05, 4.69) is 6.92 Å². The lowest BCUT2D eigenvalue weighted by Gasteiger charge is -2.34. The van der Waals surface area contributed by atoms with Crippen LogP contribution in [-0.4, -0.2) is 10.4 Å². The van der Waals surface area contributed by atoms with Gasteiger partial charge in [-0.1, -0.05) is 6.92 Å². The minimum atomic E-state index is -0.887. The van der Waals surface area contributed by atoms with Gasteiger partial charge in [-0.3, -0.25) is 0 Å². The van der Waals surface area contributed by atoms with Gasteiger partial charge in [0.2, 0.25) is 0 Å². The molecule has 76 valence electrons. The molecule has 2 atom stereocenters. The zero-order chi connectivity index (χ0) is 10.3. The smallest absolute Gasteiger partial charge is 0.123 e. The summed E-state index contributed by atoms with van der Waals surface area (Å²) in [6, 6.07) is 4.63. The molecular formula is C11H13FOS. The van der Waals surface area contributed by atoms with Crippen LogP contribution < -0.4 is 0 Å². The first-order chi connectivity index (χ1) is 6.49. The van der Waals surface area contributed by atoms with Crippen molar-refractivity contribution in [3.63, 3.8) is 0 Å². The van der Waals surface area contributed by atoms with Crippen molar-refractivity contribution in [2.24, 2.45) is 0 Å². The van der Waals surface area contributed by atoms with E-state index in [0.717, 1.165) is 10.5 Å². The third-order valence-electron chi connectivity index (χ3n) is 2.53. The average molecular weight is 212 g/mol. The van der Waals surface area contributed by atoms with E-state index in [1.54, 1.807) is 24.8 Å². The molecule has 2 rings (SSSR count). The number of halogens is 1. The molecule has 1 aromatic carbocycles. The van der Waals surface area contributed by atoms with Crippen LogP contribution in [0.4, 0.5) is 4.39 Å². The van der Waals surface area contributed by atoms with Gasteiger partial charge in [0.25, 0.3) is 0 Å². The Labute approximate surface area is 87.3 Å². The Balaban J connectivity index is 2.53. The number of benzene rings is 1.